The molecule has 0 bridgehead atoms. The minimum Gasteiger partial charge on any atom is -0.370 e. The number of nitrogens with two attached hydrogens (primary N) is 1. The fraction of sp³-hybridized carbons (Fsp3) is 0.875. The first-order chi connectivity index (χ1) is 5.66. The summed E-state index contributed by atoms with van der Waals surface area (Å²) < 4.78 is 0. The molecule has 3 nitrogen and oxygen atoms in total. The molecule has 0 radical (unpaired) electrons. The van der Waals surface area contributed by atoms with E-state index in [0.29, 0.717) is 18.2 Å². The summed E-state index contributed by atoms with van der Waals surface area (Å²) >= 11 is 1.86. The van der Waals surface area contributed by atoms with E-state index < -0.39 is 0 Å². The number of carbonyl (C=O) groups is 1. The molecule has 1 unspecified atom stereocenters. The molecule has 0 fully saturated rings. The van der Waals surface area contributed by atoms with Gasteiger partial charge in [-0.25, -0.2) is 0 Å². The highest BCUT2D eigenvalue weighted by Crippen LogP contribution is 2.07. The maximum atomic E-state index is 10.3. The second-order valence-corrected chi connectivity index (χ2v) is 4.08. The lowest BCUT2D eigenvalue weighted by Gasteiger charge is -2.07. The summed E-state index contributed by atoms with van der Waals surface area (Å²) in [6.07, 6.45) is 3.68. The van der Waals surface area contributed by atoms with Gasteiger partial charge in [-0.15, -0.1) is 0 Å². The van der Waals surface area contributed by atoms with E-state index in [2.05, 4.69) is 18.5 Å². The third kappa shape index (κ3) is 7.88. The maximum absolute atomic E-state index is 10.3. The van der Waals surface area contributed by atoms with E-state index >= 15 is 0 Å². The summed E-state index contributed by atoms with van der Waals surface area (Å²) in [5, 5.41) is 3.85. The van der Waals surface area contributed by atoms with Gasteiger partial charge in [0.1, 0.15) is 0 Å². The topological polar surface area (TPSA) is 55.1 Å². The van der Waals surface area contributed by atoms with Gasteiger partial charge in [-0.05, 0) is 19.2 Å². The van der Waals surface area contributed by atoms with Gasteiger partial charge in [-0.3, -0.25) is 4.79 Å². The number of rotatable bonds is 7. The van der Waals surface area contributed by atoms with E-state index in [9.17, 15) is 4.79 Å². The average molecular weight is 190 g/mol. The third-order valence-corrected chi connectivity index (χ3v) is 2.72. The molecule has 3 N–H and O–H groups in total. The van der Waals surface area contributed by atoms with Gasteiger partial charge in [0.2, 0.25) is 5.91 Å². The van der Waals surface area contributed by atoms with Crippen LogP contribution in [-0.2, 0) is 4.79 Å². The standard InChI is InChI=1S/C8H18N2OS/c1-7(12-2)3-5-10-6-4-8(9)11/h7,10H,3-6H2,1-2H3,(H2,9,11). The highest BCUT2D eigenvalue weighted by molar-refractivity contribution is 7.99. The van der Waals surface area contributed by atoms with Gasteiger partial charge in [0.15, 0.2) is 0 Å². The Bertz CT molecular complexity index is 130. The number of amides is 1. The summed E-state index contributed by atoms with van der Waals surface area (Å²) in [5.41, 5.74) is 4.98. The van der Waals surface area contributed by atoms with Crippen molar-refractivity contribution < 1.29 is 4.79 Å². The molecule has 0 saturated carbocycles. The van der Waals surface area contributed by atoms with Crippen LogP contribution in [0.25, 0.3) is 0 Å². The van der Waals surface area contributed by atoms with E-state index in [0.717, 1.165) is 13.0 Å². The fourth-order valence-electron chi connectivity index (χ4n) is 0.760. The molecule has 0 aromatic rings. The molecule has 1 atom stereocenters. The SMILES string of the molecule is CSC(C)CCNCCC(N)=O. The van der Waals surface area contributed by atoms with Crippen molar-refractivity contribution in [2.24, 2.45) is 5.73 Å². The summed E-state index contributed by atoms with van der Waals surface area (Å²) in [4.78, 5) is 10.3. The average Bonchev–Trinajstić information content (AvgIpc) is 2.03. The van der Waals surface area contributed by atoms with Crippen molar-refractivity contribution in [1.82, 2.24) is 5.32 Å². The molecule has 0 aliphatic heterocycles. The second kappa shape index (κ2) is 7.43. The van der Waals surface area contributed by atoms with Crippen LogP contribution in [0.1, 0.15) is 19.8 Å². The van der Waals surface area contributed by atoms with Crippen LogP contribution >= 0.6 is 11.8 Å². The lowest BCUT2D eigenvalue weighted by molar-refractivity contribution is -0.117. The molecule has 72 valence electrons. The lowest BCUT2D eigenvalue weighted by Crippen LogP contribution is -2.24. The van der Waals surface area contributed by atoms with E-state index in [4.69, 9.17) is 5.73 Å². The van der Waals surface area contributed by atoms with Gasteiger partial charge in [-0.1, -0.05) is 6.92 Å². The van der Waals surface area contributed by atoms with Crippen molar-refractivity contribution in [3.63, 3.8) is 0 Å². The zero-order valence-electron chi connectivity index (χ0n) is 7.80. The van der Waals surface area contributed by atoms with E-state index in [1.807, 2.05) is 11.8 Å². The molecule has 0 aromatic heterocycles. The van der Waals surface area contributed by atoms with Crippen molar-refractivity contribution >= 4 is 17.7 Å². The predicted octanol–water partition coefficient (Wildman–Crippen LogP) is 0.593. The molecule has 4 heteroatoms. The number of thioether (sulfide) groups is 1. The van der Waals surface area contributed by atoms with Gasteiger partial charge in [0, 0.05) is 18.2 Å². The first-order valence-electron chi connectivity index (χ1n) is 4.18. The smallest absolute Gasteiger partial charge is 0.218 e. The van der Waals surface area contributed by atoms with E-state index in [1.165, 1.54) is 0 Å². The fourth-order valence-corrected chi connectivity index (χ4v) is 1.11. The Kier molecular flexibility index (Phi) is 7.29. The summed E-state index contributed by atoms with van der Waals surface area (Å²) in [6, 6.07) is 0. The predicted molar refractivity (Wildman–Crippen MR) is 54.3 cm³/mol. The van der Waals surface area contributed by atoms with E-state index in [1.54, 1.807) is 0 Å². The van der Waals surface area contributed by atoms with Gasteiger partial charge < -0.3 is 11.1 Å². The van der Waals surface area contributed by atoms with Crippen molar-refractivity contribution in [3.05, 3.63) is 0 Å². The number of hydrogen-bond donors (Lipinski definition) is 2. The highest BCUT2D eigenvalue weighted by atomic mass is 32.2. The normalized spacial score (nSPS) is 12.8. The van der Waals surface area contributed by atoms with Gasteiger partial charge >= 0.3 is 0 Å². The first kappa shape index (κ1) is 11.8. The molecule has 0 heterocycles. The Hall–Kier alpha value is -0.220. The number of nitrogens with one attached hydrogen (secondary N) is 1. The van der Waals surface area contributed by atoms with Crippen molar-refractivity contribution in [3.8, 4) is 0 Å². The quantitative estimate of drug-likeness (QED) is 0.578. The minimum atomic E-state index is -0.236. The van der Waals surface area contributed by atoms with Crippen LogP contribution in [-0.4, -0.2) is 30.5 Å². The Morgan fingerprint density at radius 2 is 2.25 bits per heavy atom. The molecule has 0 spiro atoms. The zero-order chi connectivity index (χ0) is 9.40. The van der Waals surface area contributed by atoms with Crippen LogP contribution in [0.2, 0.25) is 0 Å². The Balaban J connectivity index is 3.05. The molecule has 0 aliphatic rings. The van der Waals surface area contributed by atoms with E-state index in [-0.39, 0.29) is 5.91 Å². The number of primary amides is 1. The molecular formula is C8H18N2OS. The van der Waals surface area contributed by atoms with Crippen molar-refractivity contribution in [1.29, 1.82) is 0 Å². The Morgan fingerprint density at radius 1 is 1.58 bits per heavy atom. The molecule has 0 saturated heterocycles. The van der Waals surface area contributed by atoms with Crippen molar-refractivity contribution in [2.45, 2.75) is 25.0 Å². The van der Waals surface area contributed by atoms with Crippen LogP contribution < -0.4 is 11.1 Å². The Morgan fingerprint density at radius 3 is 2.75 bits per heavy atom. The molecule has 0 rings (SSSR count). The van der Waals surface area contributed by atoms with Crippen LogP contribution in [0.4, 0.5) is 0 Å². The number of hydrogen-bond acceptors (Lipinski definition) is 3. The van der Waals surface area contributed by atoms with Crippen LogP contribution in [0.15, 0.2) is 0 Å². The van der Waals surface area contributed by atoms with Crippen LogP contribution in [0.5, 0.6) is 0 Å². The minimum absolute atomic E-state index is 0.236. The van der Waals surface area contributed by atoms with Gasteiger partial charge in [0.05, 0.1) is 0 Å². The molecular weight excluding hydrogens is 172 g/mol. The van der Waals surface area contributed by atoms with Gasteiger partial charge in [-0.2, -0.15) is 11.8 Å². The summed E-state index contributed by atoms with van der Waals surface area (Å²) in [5.74, 6) is -0.236. The van der Waals surface area contributed by atoms with Crippen LogP contribution in [0.3, 0.4) is 0 Å². The second-order valence-electron chi connectivity index (χ2n) is 2.80. The maximum Gasteiger partial charge on any atom is 0.218 e. The summed E-state index contributed by atoms with van der Waals surface area (Å²) in [7, 11) is 0. The molecule has 12 heavy (non-hydrogen) atoms. The van der Waals surface area contributed by atoms with Crippen molar-refractivity contribution in [2.75, 3.05) is 19.3 Å². The molecule has 1 amide bonds. The lowest BCUT2D eigenvalue weighted by atomic mass is 10.3. The third-order valence-electron chi connectivity index (χ3n) is 1.68. The highest BCUT2D eigenvalue weighted by Gasteiger charge is 1.98. The zero-order valence-corrected chi connectivity index (χ0v) is 8.62. The van der Waals surface area contributed by atoms with Crippen LogP contribution in [0, 0.1) is 0 Å². The first-order valence-corrected chi connectivity index (χ1v) is 5.47. The number of carbonyl (C=O) groups excluding carboxylic acids is 1. The Labute approximate surface area is 78.5 Å². The summed E-state index contributed by atoms with van der Waals surface area (Å²) in [6.45, 7) is 3.87. The largest absolute Gasteiger partial charge is 0.370 e. The van der Waals surface area contributed by atoms with Gasteiger partial charge in [0.25, 0.3) is 0 Å². The monoisotopic (exact) mass is 190 g/mol. The molecule has 0 aliphatic carbocycles. The molecule has 0 aromatic carbocycles.